The van der Waals surface area contributed by atoms with Crippen LogP contribution in [0.5, 0.6) is 0 Å². The minimum absolute atomic E-state index is 0.0627. The van der Waals surface area contributed by atoms with Gasteiger partial charge >= 0.3 is 12.0 Å². The number of carbonyl (C=O) groups excluding carboxylic acids is 4. The number of benzene rings is 1. The van der Waals surface area contributed by atoms with Crippen molar-refractivity contribution in [1.29, 1.82) is 0 Å². The highest BCUT2D eigenvalue weighted by atomic mass is 16.5. The van der Waals surface area contributed by atoms with Gasteiger partial charge in [-0.3, -0.25) is 14.9 Å². The lowest BCUT2D eigenvalue weighted by atomic mass is 10.2. The predicted molar refractivity (Wildman–Crippen MR) is 94.7 cm³/mol. The van der Waals surface area contributed by atoms with Crippen molar-refractivity contribution < 1.29 is 23.9 Å². The molecule has 1 fully saturated rings. The number of ether oxygens (including phenoxy) is 1. The van der Waals surface area contributed by atoms with E-state index in [9.17, 15) is 19.2 Å². The standard InChI is InChI=1S/C18H23N3O5/c1-3-12(2)19-18(25)20-15(22)11-26-17(24)13-6-8-14(9-7-13)21-10-4-5-16(21)23/h6-9,12H,3-5,10-11H2,1-2H3,(H2,19,20,22,25)/t12-/m1/s1. The fourth-order valence-corrected chi connectivity index (χ4v) is 2.44. The molecule has 26 heavy (non-hydrogen) atoms. The number of nitrogens with zero attached hydrogens (tertiary/aromatic N) is 1. The summed E-state index contributed by atoms with van der Waals surface area (Å²) in [5.74, 6) is -1.33. The molecule has 1 saturated heterocycles. The zero-order valence-corrected chi connectivity index (χ0v) is 14.9. The van der Waals surface area contributed by atoms with E-state index >= 15 is 0 Å². The fraction of sp³-hybridized carbons (Fsp3) is 0.444. The molecule has 2 rings (SSSR count). The first-order valence-corrected chi connectivity index (χ1v) is 8.58. The van der Waals surface area contributed by atoms with Crippen molar-refractivity contribution in [3.8, 4) is 0 Å². The van der Waals surface area contributed by atoms with E-state index in [1.54, 1.807) is 17.0 Å². The molecule has 0 aromatic heterocycles. The highest BCUT2D eigenvalue weighted by Crippen LogP contribution is 2.21. The zero-order valence-electron chi connectivity index (χ0n) is 14.9. The van der Waals surface area contributed by atoms with Gasteiger partial charge in [-0.15, -0.1) is 0 Å². The van der Waals surface area contributed by atoms with Crippen LogP contribution in [-0.4, -0.2) is 43.0 Å². The maximum Gasteiger partial charge on any atom is 0.338 e. The molecule has 2 N–H and O–H groups in total. The Morgan fingerprint density at radius 3 is 2.50 bits per heavy atom. The molecular formula is C18H23N3O5. The Morgan fingerprint density at radius 2 is 1.92 bits per heavy atom. The largest absolute Gasteiger partial charge is 0.452 e. The second-order valence-corrected chi connectivity index (χ2v) is 6.10. The van der Waals surface area contributed by atoms with E-state index in [0.717, 1.165) is 18.5 Å². The first-order chi connectivity index (χ1) is 12.4. The Hall–Kier alpha value is -2.90. The summed E-state index contributed by atoms with van der Waals surface area (Å²) in [7, 11) is 0. The van der Waals surface area contributed by atoms with E-state index in [-0.39, 0.29) is 17.5 Å². The van der Waals surface area contributed by atoms with Gasteiger partial charge in [0.05, 0.1) is 5.56 Å². The van der Waals surface area contributed by atoms with Gasteiger partial charge in [-0.2, -0.15) is 0 Å². The minimum atomic E-state index is -0.710. The van der Waals surface area contributed by atoms with Crippen molar-refractivity contribution in [3.63, 3.8) is 0 Å². The monoisotopic (exact) mass is 361 g/mol. The van der Waals surface area contributed by atoms with Crippen LogP contribution in [0.4, 0.5) is 10.5 Å². The van der Waals surface area contributed by atoms with Gasteiger partial charge in [0.15, 0.2) is 6.61 Å². The van der Waals surface area contributed by atoms with E-state index in [0.29, 0.717) is 13.0 Å². The van der Waals surface area contributed by atoms with Gasteiger partial charge in [0.25, 0.3) is 5.91 Å². The fourth-order valence-electron chi connectivity index (χ4n) is 2.44. The summed E-state index contributed by atoms with van der Waals surface area (Å²) in [6.45, 7) is 3.82. The molecule has 0 spiro atoms. The van der Waals surface area contributed by atoms with Crippen molar-refractivity contribution in [2.75, 3.05) is 18.1 Å². The van der Waals surface area contributed by atoms with Crippen LogP contribution in [0.15, 0.2) is 24.3 Å². The number of esters is 1. The maximum absolute atomic E-state index is 12.0. The molecule has 4 amide bonds. The lowest BCUT2D eigenvalue weighted by molar-refractivity contribution is -0.123. The summed E-state index contributed by atoms with van der Waals surface area (Å²) in [6, 6.07) is 5.72. The third-order valence-corrected chi connectivity index (χ3v) is 4.07. The van der Waals surface area contributed by atoms with Crippen LogP contribution in [0, 0.1) is 0 Å². The molecule has 1 aliphatic heterocycles. The Morgan fingerprint density at radius 1 is 1.23 bits per heavy atom. The molecule has 0 unspecified atom stereocenters. The molecule has 1 atom stereocenters. The Kier molecular flexibility index (Phi) is 6.71. The van der Waals surface area contributed by atoms with Crippen LogP contribution in [0.3, 0.4) is 0 Å². The predicted octanol–water partition coefficient (Wildman–Crippen LogP) is 1.59. The quantitative estimate of drug-likeness (QED) is 0.749. The lowest BCUT2D eigenvalue weighted by Crippen LogP contribution is -2.44. The summed E-state index contributed by atoms with van der Waals surface area (Å²) < 4.78 is 4.90. The minimum Gasteiger partial charge on any atom is -0.452 e. The molecule has 1 aromatic carbocycles. The summed E-state index contributed by atoms with van der Waals surface area (Å²) >= 11 is 0. The van der Waals surface area contributed by atoms with Gasteiger partial charge in [-0.05, 0) is 44.0 Å². The molecule has 0 saturated carbocycles. The maximum atomic E-state index is 12.0. The average molecular weight is 361 g/mol. The number of imide groups is 1. The molecular weight excluding hydrogens is 338 g/mol. The van der Waals surface area contributed by atoms with Crippen molar-refractivity contribution in [1.82, 2.24) is 10.6 Å². The molecule has 0 bridgehead atoms. The number of rotatable bonds is 6. The molecule has 8 nitrogen and oxygen atoms in total. The summed E-state index contributed by atoms with van der Waals surface area (Å²) in [4.78, 5) is 48.5. The smallest absolute Gasteiger partial charge is 0.338 e. The number of hydrogen-bond acceptors (Lipinski definition) is 5. The first-order valence-electron chi connectivity index (χ1n) is 8.58. The van der Waals surface area contributed by atoms with Gasteiger partial charge in [0.2, 0.25) is 5.91 Å². The van der Waals surface area contributed by atoms with Gasteiger partial charge in [-0.25, -0.2) is 9.59 Å². The highest BCUT2D eigenvalue weighted by molar-refractivity contribution is 5.98. The SMILES string of the molecule is CC[C@@H](C)NC(=O)NC(=O)COC(=O)c1ccc(N2CCCC2=O)cc1. The normalized spacial score (nSPS) is 14.7. The van der Waals surface area contributed by atoms with E-state index in [4.69, 9.17) is 4.74 Å². The Labute approximate surface area is 151 Å². The molecule has 8 heteroatoms. The number of hydrogen-bond donors (Lipinski definition) is 2. The first kappa shape index (κ1) is 19.4. The van der Waals surface area contributed by atoms with Crippen molar-refractivity contribution in [2.24, 2.45) is 0 Å². The van der Waals surface area contributed by atoms with Crippen LogP contribution >= 0.6 is 0 Å². The van der Waals surface area contributed by atoms with Gasteiger partial charge in [0.1, 0.15) is 0 Å². The van der Waals surface area contributed by atoms with Gasteiger partial charge in [-0.1, -0.05) is 6.92 Å². The molecule has 0 radical (unpaired) electrons. The van der Waals surface area contributed by atoms with Crippen LogP contribution in [0.2, 0.25) is 0 Å². The van der Waals surface area contributed by atoms with E-state index in [1.807, 2.05) is 13.8 Å². The van der Waals surface area contributed by atoms with Crippen molar-refractivity contribution in [2.45, 2.75) is 39.2 Å². The van der Waals surface area contributed by atoms with Crippen LogP contribution in [-0.2, 0) is 14.3 Å². The van der Waals surface area contributed by atoms with E-state index in [1.165, 1.54) is 12.1 Å². The third-order valence-electron chi connectivity index (χ3n) is 4.07. The number of nitrogens with one attached hydrogen (secondary N) is 2. The summed E-state index contributed by atoms with van der Waals surface area (Å²) in [5, 5.41) is 4.67. The third kappa shape index (κ3) is 5.30. The number of anilines is 1. The Bertz CT molecular complexity index is 687. The molecule has 1 aromatic rings. The van der Waals surface area contributed by atoms with Crippen molar-refractivity contribution in [3.05, 3.63) is 29.8 Å². The lowest BCUT2D eigenvalue weighted by Gasteiger charge is -2.15. The van der Waals surface area contributed by atoms with Gasteiger partial charge < -0.3 is 15.0 Å². The van der Waals surface area contributed by atoms with E-state index in [2.05, 4.69) is 10.6 Å². The number of urea groups is 1. The number of amides is 4. The molecule has 0 aliphatic carbocycles. The summed E-state index contributed by atoms with van der Waals surface area (Å²) in [6.07, 6.45) is 2.08. The van der Waals surface area contributed by atoms with Crippen LogP contribution < -0.4 is 15.5 Å². The summed E-state index contributed by atoms with van der Waals surface area (Å²) in [5.41, 5.74) is 0.987. The van der Waals surface area contributed by atoms with Gasteiger partial charge in [0, 0.05) is 24.7 Å². The van der Waals surface area contributed by atoms with E-state index < -0.39 is 24.5 Å². The highest BCUT2D eigenvalue weighted by Gasteiger charge is 2.22. The zero-order chi connectivity index (χ0) is 19.1. The molecule has 1 heterocycles. The van der Waals surface area contributed by atoms with Crippen molar-refractivity contribution >= 4 is 29.5 Å². The average Bonchev–Trinajstić information content (AvgIpc) is 3.05. The second kappa shape index (κ2) is 8.98. The second-order valence-electron chi connectivity index (χ2n) is 6.10. The Balaban J connectivity index is 1.81. The molecule has 1 aliphatic rings. The topological polar surface area (TPSA) is 105 Å². The van der Waals surface area contributed by atoms with Crippen LogP contribution in [0.25, 0.3) is 0 Å². The van der Waals surface area contributed by atoms with Crippen LogP contribution in [0.1, 0.15) is 43.5 Å². The molecule has 140 valence electrons. The number of carbonyl (C=O) groups is 4.